The lowest BCUT2D eigenvalue weighted by Gasteiger charge is -2.26. The van der Waals surface area contributed by atoms with Crippen molar-refractivity contribution < 1.29 is 9.59 Å². The minimum atomic E-state index is -0.795. The van der Waals surface area contributed by atoms with Gasteiger partial charge >= 0.3 is 6.03 Å². The van der Waals surface area contributed by atoms with Crippen molar-refractivity contribution in [2.24, 2.45) is 0 Å². The van der Waals surface area contributed by atoms with E-state index >= 15 is 0 Å². The molecule has 2 aliphatic heterocycles. The van der Waals surface area contributed by atoms with Gasteiger partial charge in [-0.05, 0) is 47.1 Å². The molecule has 3 heterocycles. The van der Waals surface area contributed by atoms with Gasteiger partial charge in [-0.3, -0.25) is 14.6 Å². The van der Waals surface area contributed by atoms with Crippen molar-refractivity contribution in [3.8, 4) is 0 Å². The van der Waals surface area contributed by atoms with Gasteiger partial charge in [-0.25, -0.2) is 14.5 Å². The highest BCUT2D eigenvalue weighted by Gasteiger charge is 2.44. The Balaban J connectivity index is 1.59. The number of carbonyl (C=O) groups excluding carboxylic acids is 2. The van der Waals surface area contributed by atoms with E-state index in [-0.39, 0.29) is 11.9 Å². The lowest BCUT2D eigenvalue weighted by atomic mass is 10.1. The second-order valence-corrected chi connectivity index (χ2v) is 7.23. The Kier molecular flexibility index (Phi) is 4.33. The van der Waals surface area contributed by atoms with Gasteiger partial charge in [0.2, 0.25) is 0 Å². The first kappa shape index (κ1) is 16.9. The summed E-state index contributed by atoms with van der Waals surface area (Å²) < 4.78 is 1.95. The molecule has 2 fully saturated rings. The zero-order chi connectivity index (χ0) is 17.5. The van der Waals surface area contributed by atoms with E-state index in [4.69, 9.17) is 0 Å². The zero-order valence-electron chi connectivity index (χ0n) is 14.9. The number of likely N-dealkylation sites (tertiary alicyclic amines) is 1. The lowest BCUT2D eigenvalue weighted by Crippen LogP contribution is -2.43. The van der Waals surface area contributed by atoms with Crippen molar-refractivity contribution in [2.45, 2.75) is 58.7 Å². The quantitative estimate of drug-likeness (QED) is 0.801. The third kappa shape index (κ3) is 3.15. The van der Waals surface area contributed by atoms with Crippen LogP contribution in [0, 0.1) is 13.8 Å². The van der Waals surface area contributed by atoms with Crippen LogP contribution in [0.1, 0.15) is 38.3 Å². The fourth-order valence-corrected chi connectivity index (χ4v) is 3.58. The molecule has 0 bridgehead atoms. The van der Waals surface area contributed by atoms with Crippen LogP contribution >= 0.6 is 0 Å². The smallest absolute Gasteiger partial charge is 0.324 e. The van der Waals surface area contributed by atoms with Gasteiger partial charge in [0.05, 0.1) is 6.54 Å². The number of rotatable bonds is 5. The Bertz CT molecular complexity index is 653. The Morgan fingerprint density at radius 3 is 2.58 bits per heavy atom. The summed E-state index contributed by atoms with van der Waals surface area (Å²) in [5, 5.41) is 7.17. The molecule has 1 unspecified atom stereocenters. The van der Waals surface area contributed by atoms with Gasteiger partial charge in [0.25, 0.3) is 5.91 Å². The summed E-state index contributed by atoms with van der Waals surface area (Å²) in [6.45, 7) is 10.3. The van der Waals surface area contributed by atoms with Crippen LogP contribution in [0.25, 0.3) is 0 Å². The maximum atomic E-state index is 12.3. The number of aromatic nitrogens is 3. The van der Waals surface area contributed by atoms with Gasteiger partial charge in [0.15, 0.2) is 0 Å². The number of nitrogens with zero attached hydrogens (tertiary/aromatic N) is 5. The highest BCUT2D eigenvalue weighted by molar-refractivity contribution is 6.06. The molecule has 0 aliphatic carbocycles. The minimum Gasteiger partial charge on any atom is -0.324 e. The molecule has 1 N–H and O–H groups in total. The predicted molar refractivity (Wildman–Crippen MR) is 88.4 cm³/mol. The number of imide groups is 1. The molecule has 132 valence electrons. The largest absolute Gasteiger partial charge is 0.325 e. The fourth-order valence-electron chi connectivity index (χ4n) is 3.58. The summed E-state index contributed by atoms with van der Waals surface area (Å²) in [4.78, 5) is 32.3. The Morgan fingerprint density at radius 1 is 1.25 bits per heavy atom. The summed E-state index contributed by atoms with van der Waals surface area (Å²) in [6, 6.07) is 0.0852. The SMILES string of the molecule is Cc1nc(C)n(CC2CCCN2CCN2C(=O)NC(C)(C)C2=O)n1. The van der Waals surface area contributed by atoms with E-state index in [2.05, 4.69) is 20.3 Å². The number of urea groups is 1. The van der Waals surface area contributed by atoms with Gasteiger partial charge in [0.1, 0.15) is 17.2 Å². The van der Waals surface area contributed by atoms with Crippen molar-refractivity contribution in [3.63, 3.8) is 0 Å². The third-order valence-corrected chi connectivity index (χ3v) is 4.90. The van der Waals surface area contributed by atoms with Crippen LogP contribution in [0.5, 0.6) is 0 Å². The third-order valence-electron chi connectivity index (χ3n) is 4.90. The van der Waals surface area contributed by atoms with E-state index in [0.29, 0.717) is 19.1 Å². The average molecular weight is 334 g/mol. The van der Waals surface area contributed by atoms with Crippen molar-refractivity contribution in [3.05, 3.63) is 11.6 Å². The first-order chi connectivity index (χ1) is 11.3. The van der Waals surface area contributed by atoms with E-state index in [1.165, 1.54) is 4.90 Å². The summed E-state index contributed by atoms with van der Waals surface area (Å²) >= 11 is 0. The van der Waals surface area contributed by atoms with Gasteiger partial charge < -0.3 is 5.32 Å². The van der Waals surface area contributed by atoms with E-state index < -0.39 is 5.54 Å². The number of carbonyl (C=O) groups is 2. The normalized spacial score (nSPS) is 24.0. The van der Waals surface area contributed by atoms with Gasteiger partial charge in [-0.2, -0.15) is 5.10 Å². The molecule has 0 spiro atoms. The number of nitrogens with one attached hydrogen (secondary N) is 1. The van der Waals surface area contributed by atoms with E-state index in [9.17, 15) is 9.59 Å². The maximum Gasteiger partial charge on any atom is 0.325 e. The van der Waals surface area contributed by atoms with Crippen molar-refractivity contribution in [2.75, 3.05) is 19.6 Å². The van der Waals surface area contributed by atoms with Crippen LogP contribution in [0.3, 0.4) is 0 Å². The monoisotopic (exact) mass is 334 g/mol. The standard InChI is InChI=1S/C16H26N6O2/c1-11-17-12(2)22(19-11)10-13-6-5-7-20(13)8-9-21-14(23)16(3,4)18-15(21)24/h13H,5-10H2,1-4H3,(H,18,24). The molecule has 3 rings (SSSR count). The molecule has 8 nitrogen and oxygen atoms in total. The highest BCUT2D eigenvalue weighted by Crippen LogP contribution is 2.21. The first-order valence-corrected chi connectivity index (χ1v) is 8.54. The first-order valence-electron chi connectivity index (χ1n) is 8.54. The maximum absolute atomic E-state index is 12.3. The molecule has 1 aromatic rings. The van der Waals surface area contributed by atoms with Crippen LogP contribution in [0.2, 0.25) is 0 Å². The van der Waals surface area contributed by atoms with Gasteiger partial charge in [0, 0.05) is 19.1 Å². The van der Waals surface area contributed by atoms with Crippen molar-refractivity contribution in [1.82, 2.24) is 29.9 Å². The van der Waals surface area contributed by atoms with Crippen LogP contribution in [0.15, 0.2) is 0 Å². The molecule has 3 amide bonds. The molecule has 2 saturated heterocycles. The summed E-state index contributed by atoms with van der Waals surface area (Å²) in [5.74, 6) is 1.57. The molecular weight excluding hydrogens is 308 g/mol. The summed E-state index contributed by atoms with van der Waals surface area (Å²) in [6.07, 6.45) is 2.23. The number of aryl methyl sites for hydroxylation is 2. The van der Waals surface area contributed by atoms with E-state index in [1.54, 1.807) is 13.8 Å². The minimum absolute atomic E-state index is 0.147. The highest BCUT2D eigenvalue weighted by atomic mass is 16.2. The molecule has 1 atom stereocenters. The number of hydrogen-bond acceptors (Lipinski definition) is 5. The summed E-state index contributed by atoms with van der Waals surface area (Å²) in [5.41, 5.74) is -0.795. The number of hydrogen-bond donors (Lipinski definition) is 1. The lowest BCUT2D eigenvalue weighted by molar-refractivity contribution is -0.130. The van der Waals surface area contributed by atoms with Crippen LogP contribution in [-0.2, 0) is 11.3 Å². The van der Waals surface area contributed by atoms with Crippen molar-refractivity contribution in [1.29, 1.82) is 0 Å². The molecule has 0 aromatic carbocycles. The molecule has 8 heteroatoms. The van der Waals surface area contributed by atoms with Gasteiger partial charge in [-0.1, -0.05) is 0 Å². The molecule has 1 aromatic heterocycles. The van der Waals surface area contributed by atoms with Gasteiger partial charge in [-0.15, -0.1) is 0 Å². The summed E-state index contributed by atoms with van der Waals surface area (Å²) in [7, 11) is 0. The van der Waals surface area contributed by atoms with Crippen molar-refractivity contribution >= 4 is 11.9 Å². The second kappa shape index (κ2) is 6.16. The molecule has 0 saturated carbocycles. The molecular formula is C16H26N6O2. The Hall–Kier alpha value is -1.96. The molecule has 2 aliphatic rings. The fraction of sp³-hybridized carbons (Fsp3) is 0.750. The van der Waals surface area contributed by atoms with Crippen LogP contribution < -0.4 is 5.32 Å². The second-order valence-electron chi connectivity index (χ2n) is 7.23. The Morgan fingerprint density at radius 2 is 2.00 bits per heavy atom. The Labute approximate surface area is 142 Å². The predicted octanol–water partition coefficient (Wildman–Crippen LogP) is 0.690. The zero-order valence-corrected chi connectivity index (χ0v) is 14.9. The average Bonchev–Trinajstić information content (AvgIpc) is 3.10. The van der Waals surface area contributed by atoms with E-state index in [1.807, 2.05) is 18.5 Å². The topological polar surface area (TPSA) is 83.4 Å². The van der Waals surface area contributed by atoms with E-state index in [0.717, 1.165) is 37.6 Å². The van der Waals surface area contributed by atoms with Crippen LogP contribution in [0.4, 0.5) is 4.79 Å². The van der Waals surface area contributed by atoms with Crippen LogP contribution in [-0.4, -0.2) is 67.7 Å². The molecule has 24 heavy (non-hydrogen) atoms. The molecule has 0 radical (unpaired) electrons. The number of amides is 3.